The summed E-state index contributed by atoms with van der Waals surface area (Å²) in [6.07, 6.45) is -9.29. The summed E-state index contributed by atoms with van der Waals surface area (Å²) in [5.74, 6) is -5.20. The Morgan fingerprint density at radius 3 is 2.24 bits per heavy atom. The van der Waals surface area contributed by atoms with Gasteiger partial charge in [-0.3, -0.25) is 14.9 Å². The van der Waals surface area contributed by atoms with Crippen LogP contribution >= 0.6 is 23.2 Å². The van der Waals surface area contributed by atoms with Gasteiger partial charge in [-0.05, 0) is 53.1 Å². The molecule has 1 heterocycles. The quantitative estimate of drug-likeness (QED) is 0.0715. The second-order valence-corrected chi connectivity index (χ2v) is 14.6. The normalized spacial score (nSPS) is 21.2. The number of nitrogens with one attached hydrogen (secondary N) is 2. The maximum atomic E-state index is 13.5. The number of aliphatic hydroxyl groups is 3. The maximum absolute atomic E-state index is 13.5. The van der Waals surface area contributed by atoms with E-state index in [9.17, 15) is 53.7 Å². The number of nitro groups is 1. The molecule has 0 saturated carbocycles. The molecule has 6 atom stereocenters. The molecule has 1 aliphatic heterocycles. The molecular formula is C35H33Cl2N3O13S. The van der Waals surface area contributed by atoms with E-state index >= 15 is 0 Å². The number of para-hydroxylation sites is 1. The highest BCUT2D eigenvalue weighted by molar-refractivity contribution is 7.89. The van der Waals surface area contributed by atoms with Gasteiger partial charge in [0.2, 0.25) is 10.0 Å². The minimum Gasteiger partial charge on any atom is -0.508 e. The first-order valence-corrected chi connectivity index (χ1v) is 18.2. The third-order valence-electron chi connectivity index (χ3n) is 8.58. The Labute approximate surface area is 317 Å². The molecule has 286 valence electrons. The molecule has 1 saturated heterocycles. The molecule has 4 aromatic carbocycles. The number of nitro benzene ring substituents is 1. The number of phenols is 1. The number of rotatable bonds is 14. The molecule has 0 spiro atoms. The molecule has 5 rings (SSSR count). The minimum atomic E-state index is -4.90. The highest BCUT2D eigenvalue weighted by Crippen LogP contribution is 2.37. The Morgan fingerprint density at radius 1 is 0.981 bits per heavy atom. The summed E-state index contributed by atoms with van der Waals surface area (Å²) >= 11 is 12.3. The van der Waals surface area contributed by atoms with Crippen molar-refractivity contribution in [3.8, 4) is 16.9 Å². The summed E-state index contributed by atoms with van der Waals surface area (Å²) in [7, 11) is -4.90. The van der Waals surface area contributed by atoms with Crippen LogP contribution in [-0.4, -0.2) is 93.5 Å². The summed E-state index contributed by atoms with van der Waals surface area (Å²) in [5, 5.41) is 67.8. The fourth-order valence-corrected chi connectivity index (χ4v) is 7.55. The average Bonchev–Trinajstić information content (AvgIpc) is 3.15. The van der Waals surface area contributed by atoms with Crippen LogP contribution in [0.5, 0.6) is 5.75 Å². The number of phenolic OH excluding ortho intramolecular Hbond substituents is 1. The van der Waals surface area contributed by atoms with Crippen LogP contribution in [0.2, 0.25) is 10.0 Å². The number of hydrogen-bond acceptors (Lipinski definition) is 12. The molecule has 4 aromatic rings. The van der Waals surface area contributed by atoms with E-state index in [1.54, 1.807) is 24.3 Å². The van der Waals surface area contributed by atoms with Crippen molar-refractivity contribution in [2.45, 2.75) is 54.2 Å². The molecule has 0 bridgehead atoms. The van der Waals surface area contributed by atoms with E-state index in [0.29, 0.717) is 0 Å². The van der Waals surface area contributed by atoms with Gasteiger partial charge in [0.05, 0.1) is 39.8 Å². The number of amides is 1. The molecule has 0 radical (unpaired) electrons. The Morgan fingerprint density at radius 2 is 1.61 bits per heavy atom. The molecule has 0 aliphatic carbocycles. The van der Waals surface area contributed by atoms with Gasteiger partial charge in [-0.15, -0.1) is 0 Å². The largest absolute Gasteiger partial charge is 0.508 e. The van der Waals surface area contributed by atoms with Crippen molar-refractivity contribution in [3.63, 3.8) is 0 Å². The summed E-state index contributed by atoms with van der Waals surface area (Å²) < 4.78 is 40.5. The van der Waals surface area contributed by atoms with Crippen molar-refractivity contribution in [1.29, 1.82) is 0 Å². The fourth-order valence-electron chi connectivity index (χ4n) is 5.72. The third-order valence-corrected chi connectivity index (χ3v) is 10.9. The van der Waals surface area contributed by atoms with E-state index in [-0.39, 0.29) is 26.9 Å². The van der Waals surface area contributed by atoms with Crippen LogP contribution < -0.4 is 10.0 Å². The van der Waals surface area contributed by atoms with Crippen LogP contribution in [0.15, 0.2) is 95.9 Å². The molecule has 7 N–H and O–H groups in total. The Bertz CT molecular complexity index is 2120. The fraction of sp³-hybridized carbons (Fsp3) is 0.257. The first kappa shape index (κ1) is 40.5. The number of halogens is 2. The number of aliphatic hydroxyl groups excluding tert-OH is 3. The SMILES string of the molecule is O=C(NC[C@@H](O)[C@@H](O)[C@@H]1O[C@@](OCc2cccc(Cl)c2Cl)(C(=O)O)C[C@H](O)[C@H]1NS(=O)(=O)c1ccccc1[N+](=O)[O-])c1ccc(-c2ccc(O)cc2)cc1. The summed E-state index contributed by atoms with van der Waals surface area (Å²) in [5.41, 5.74) is 1.02. The minimum absolute atomic E-state index is 0.0175. The summed E-state index contributed by atoms with van der Waals surface area (Å²) in [6, 6.07) is 19.4. The van der Waals surface area contributed by atoms with E-state index in [2.05, 4.69) is 10.0 Å². The van der Waals surface area contributed by atoms with Crippen molar-refractivity contribution in [3.05, 3.63) is 122 Å². The first-order valence-electron chi connectivity index (χ1n) is 16.0. The second-order valence-electron chi connectivity index (χ2n) is 12.2. The molecule has 0 aromatic heterocycles. The van der Waals surface area contributed by atoms with E-state index in [1.807, 2.05) is 0 Å². The van der Waals surface area contributed by atoms with E-state index in [4.69, 9.17) is 32.7 Å². The van der Waals surface area contributed by atoms with Crippen LogP contribution in [0.3, 0.4) is 0 Å². The van der Waals surface area contributed by atoms with E-state index in [0.717, 1.165) is 23.3 Å². The number of sulfonamides is 1. The number of aliphatic carboxylic acids is 1. The third kappa shape index (κ3) is 8.98. The zero-order chi connectivity index (χ0) is 39.4. The number of aromatic hydroxyl groups is 1. The zero-order valence-corrected chi connectivity index (χ0v) is 30.1. The topological polar surface area (TPSA) is 255 Å². The number of carboxylic acids is 1. The van der Waals surface area contributed by atoms with Gasteiger partial charge in [0.15, 0.2) is 4.90 Å². The van der Waals surface area contributed by atoms with Crippen molar-refractivity contribution in [2.24, 2.45) is 0 Å². The second kappa shape index (κ2) is 16.8. The van der Waals surface area contributed by atoms with Gasteiger partial charge in [-0.25, -0.2) is 17.9 Å². The van der Waals surface area contributed by atoms with Gasteiger partial charge < -0.3 is 40.3 Å². The van der Waals surface area contributed by atoms with Crippen LogP contribution in [-0.2, 0) is 30.9 Å². The molecule has 0 unspecified atom stereocenters. The lowest BCUT2D eigenvalue weighted by Gasteiger charge is -2.46. The van der Waals surface area contributed by atoms with Crippen LogP contribution in [0.25, 0.3) is 11.1 Å². The number of ether oxygens (including phenoxy) is 2. The first-order chi connectivity index (χ1) is 25.5. The van der Waals surface area contributed by atoms with Gasteiger partial charge in [0.1, 0.15) is 18.0 Å². The monoisotopic (exact) mass is 805 g/mol. The lowest BCUT2D eigenvalue weighted by atomic mass is 9.89. The summed E-state index contributed by atoms with van der Waals surface area (Å²) in [6.45, 7) is -1.24. The molecular weight excluding hydrogens is 773 g/mol. The molecule has 19 heteroatoms. The molecule has 16 nitrogen and oxygen atoms in total. The Kier molecular flexibility index (Phi) is 12.6. The average molecular weight is 807 g/mol. The van der Waals surface area contributed by atoms with E-state index in [1.165, 1.54) is 54.6 Å². The Balaban J connectivity index is 1.40. The van der Waals surface area contributed by atoms with Gasteiger partial charge in [-0.2, -0.15) is 0 Å². The number of nitrogens with zero attached hydrogens (tertiary/aromatic N) is 1. The number of carboxylic acid groups (broad SMARTS) is 1. The lowest BCUT2D eigenvalue weighted by molar-refractivity contribution is -0.387. The zero-order valence-electron chi connectivity index (χ0n) is 27.8. The highest BCUT2D eigenvalue weighted by Gasteiger charge is 2.56. The maximum Gasteiger partial charge on any atom is 0.364 e. The van der Waals surface area contributed by atoms with Crippen molar-refractivity contribution >= 4 is 50.8 Å². The predicted molar refractivity (Wildman–Crippen MR) is 192 cm³/mol. The lowest BCUT2D eigenvalue weighted by Crippen LogP contribution is -2.68. The standard InChI is InChI=1S/C35H33Cl2N3O13S/c36-24-5-3-4-22(29(24)37)18-52-35(34(46)47)16-26(42)30(39-54(50,51)28-7-2-1-6-25(28)40(48)49)32(53-35)31(44)27(43)17-38-33(45)21-10-8-19(9-11-21)20-12-14-23(41)15-13-20/h1-15,26-27,30-32,39,41-44H,16-18H2,(H,38,45)(H,46,47)/t26-,27+,30+,31+,32+,35+/m0/s1. The molecule has 54 heavy (non-hydrogen) atoms. The van der Waals surface area contributed by atoms with E-state index < -0.39 is 93.2 Å². The van der Waals surface area contributed by atoms with Gasteiger partial charge in [0, 0.05) is 24.6 Å². The number of benzene rings is 4. The van der Waals surface area contributed by atoms with Gasteiger partial charge in [-0.1, -0.05) is 71.7 Å². The van der Waals surface area contributed by atoms with Gasteiger partial charge in [0.25, 0.3) is 17.4 Å². The van der Waals surface area contributed by atoms with Crippen molar-refractivity contribution < 1.29 is 57.9 Å². The number of carbonyl (C=O) groups excluding carboxylic acids is 1. The molecule has 1 aliphatic rings. The molecule has 1 fully saturated rings. The predicted octanol–water partition coefficient (Wildman–Crippen LogP) is 3.22. The number of hydrogen-bond donors (Lipinski definition) is 7. The van der Waals surface area contributed by atoms with Crippen LogP contribution in [0, 0.1) is 10.1 Å². The Hall–Kier alpha value is -4.69. The van der Waals surface area contributed by atoms with Crippen LogP contribution in [0.1, 0.15) is 22.3 Å². The number of carbonyl (C=O) groups is 2. The smallest absolute Gasteiger partial charge is 0.364 e. The summed E-state index contributed by atoms with van der Waals surface area (Å²) in [4.78, 5) is 35.6. The van der Waals surface area contributed by atoms with Gasteiger partial charge >= 0.3 is 5.97 Å². The van der Waals surface area contributed by atoms with Crippen molar-refractivity contribution in [1.82, 2.24) is 10.0 Å². The highest BCUT2D eigenvalue weighted by atomic mass is 35.5. The molecule has 1 amide bonds. The van der Waals surface area contributed by atoms with Crippen LogP contribution in [0.4, 0.5) is 5.69 Å². The van der Waals surface area contributed by atoms with Crippen molar-refractivity contribution in [2.75, 3.05) is 6.54 Å².